The van der Waals surface area contributed by atoms with E-state index in [4.69, 9.17) is 17.0 Å². The number of carbonyl (C=O) groups excluding carboxylic acids is 1. The van der Waals surface area contributed by atoms with Gasteiger partial charge in [0.2, 0.25) is 0 Å². The number of aryl methyl sites for hydroxylation is 1. The summed E-state index contributed by atoms with van der Waals surface area (Å²) in [5.41, 5.74) is 9.16. The first-order valence-corrected chi connectivity index (χ1v) is 8.21. The molecule has 7 heteroatoms. The van der Waals surface area contributed by atoms with E-state index in [9.17, 15) is 4.79 Å². The van der Waals surface area contributed by atoms with E-state index < -0.39 is 0 Å². The van der Waals surface area contributed by atoms with E-state index in [-0.39, 0.29) is 12.5 Å². The second-order valence-corrected chi connectivity index (χ2v) is 5.84. The number of benzene rings is 2. The first-order valence-electron chi connectivity index (χ1n) is 7.80. The van der Waals surface area contributed by atoms with Crippen molar-refractivity contribution in [3.8, 4) is 5.75 Å². The second-order valence-electron chi connectivity index (χ2n) is 5.43. The summed E-state index contributed by atoms with van der Waals surface area (Å²) < 4.78 is 5.22. The fourth-order valence-corrected chi connectivity index (χ4v) is 2.34. The molecule has 0 fully saturated rings. The number of hydrogen-bond donors (Lipinski definition) is 4. The third-order valence-corrected chi connectivity index (χ3v) is 3.92. The van der Waals surface area contributed by atoms with Crippen LogP contribution in [-0.4, -0.2) is 24.7 Å². The lowest BCUT2D eigenvalue weighted by Crippen LogP contribution is -2.46. The van der Waals surface area contributed by atoms with Crippen molar-refractivity contribution in [2.45, 2.75) is 13.8 Å². The highest BCUT2D eigenvalue weighted by atomic mass is 32.1. The Morgan fingerprint density at radius 2 is 1.76 bits per heavy atom. The number of methoxy groups -OCH3 is 1. The zero-order valence-electron chi connectivity index (χ0n) is 14.5. The van der Waals surface area contributed by atoms with Gasteiger partial charge < -0.3 is 15.4 Å². The van der Waals surface area contributed by atoms with Gasteiger partial charge in [-0.05, 0) is 55.4 Å². The van der Waals surface area contributed by atoms with Crippen molar-refractivity contribution in [2.75, 3.05) is 24.3 Å². The molecule has 2 aromatic rings. The zero-order valence-corrected chi connectivity index (χ0v) is 15.3. The molecular weight excluding hydrogens is 336 g/mol. The maximum Gasteiger partial charge on any atom is 0.257 e. The van der Waals surface area contributed by atoms with Crippen molar-refractivity contribution in [1.82, 2.24) is 10.9 Å². The van der Waals surface area contributed by atoms with E-state index in [0.717, 1.165) is 22.5 Å². The number of amides is 1. The normalized spacial score (nSPS) is 9.88. The Bertz CT molecular complexity index is 764. The van der Waals surface area contributed by atoms with Crippen LogP contribution in [0.15, 0.2) is 42.5 Å². The molecule has 0 spiro atoms. The molecule has 0 atom stereocenters. The van der Waals surface area contributed by atoms with Gasteiger partial charge in [0.25, 0.3) is 5.91 Å². The summed E-state index contributed by atoms with van der Waals surface area (Å²) in [4.78, 5) is 11.9. The van der Waals surface area contributed by atoms with E-state index in [1.165, 1.54) is 0 Å². The van der Waals surface area contributed by atoms with Crippen molar-refractivity contribution in [3.63, 3.8) is 0 Å². The number of ether oxygens (including phenoxy) is 1. The van der Waals surface area contributed by atoms with Gasteiger partial charge in [0.05, 0.1) is 19.3 Å². The van der Waals surface area contributed by atoms with Crippen LogP contribution in [0.25, 0.3) is 0 Å². The molecule has 1 amide bonds. The minimum Gasteiger partial charge on any atom is -0.495 e. The fraction of sp³-hybridized carbons (Fsp3) is 0.222. The smallest absolute Gasteiger partial charge is 0.257 e. The molecule has 0 saturated heterocycles. The number of carbonyl (C=O) groups is 1. The second kappa shape index (κ2) is 8.89. The lowest BCUT2D eigenvalue weighted by atomic mass is 10.1. The molecule has 0 aliphatic heterocycles. The molecule has 0 aromatic heterocycles. The zero-order chi connectivity index (χ0) is 18.2. The maximum atomic E-state index is 11.9. The Balaban J connectivity index is 1.79. The third-order valence-electron chi connectivity index (χ3n) is 3.71. The predicted molar refractivity (Wildman–Crippen MR) is 105 cm³/mol. The molecule has 2 aromatic carbocycles. The van der Waals surface area contributed by atoms with Crippen molar-refractivity contribution in [3.05, 3.63) is 53.6 Å². The van der Waals surface area contributed by atoms with Crippen LogP contribution in [0.4, 0.5) is 11.4 Å². The number of nitrogens with one attached hydrogen (secondary N) is 4. The molecule has 0 heterocycles. The quantitative estimate of drug-likeness (QED) is 0.487. The largest absolute Gasteiger partial charge is 0.495 e. The Hall–Kier alpha value is -2.80. The van der Waals surface area contributed by atoms with Gasteiger partial charge in [-0.2, -0.15) is 0 Å². The van der Waals surface area contributed by atoms with Crippen LogP contribution in [-0.2, 0) is 4.79 Å². The average molecular weight is 358 g/mol. The summed E-state index contributed by atoms with van der Waals surface area (Å²) in [7, 11) is 1.58. The van der Waals surface area contributed by atoms with E-state index in [2.05, 4.69) is 21.5 Å². The highest BCUT2D eigenvalue weighted by molar-refractivity contribution is 7.80. The van der Waals surface area contributed by atoms with Crippen LogP contribution >= 0.6 is 12.2 Å². The molecule has 2 rings (SSSR count). The highest BCUT2D eigenvalue weighted by Crippen LogP contribution is 2.22. The van der Waals surface area contributed by atoms with Crippen molar-refractivity contribution in [2.24, 2.45) is 0 Å². The highest BCUT2D eigenvalue weighted by Gasteiger charge is 2.06. The van der Waals surface area contributed by atoms with Gasteiger partial charge in [-0.3, -0.25) is 15.6 Å². The average Bonchev–Trinajstić information content (AvgIpc) is 2.62. The molecule has 0 bridgehead atoms. The molecule has 6 nitrogen and oxygen atoms in total. The molecule has 0 saturated carbocycles. The topological polar surface area (TPSA) is 74.4 Å². The van der Waals surface area contributed by atoms with E-state index in [0.29, 0.717) is 10.9 Å². The number of thiocarbonyl (C=S) groups is 1. The Morgan fingerprint density at radius 3 is 2.52 bits per heavy atom. The first-order chi connectivity index (χ1) is 12.0. The van der Waals surface area contributed by atoms with Gasteiger partial charge in [-0.1, -0.05) is 24.3 Å². The fourth-order valence-electron chi connectivity index (χ4n) is 2.18. The first kappa shape index (κ1) is 18.5. The molecule has 0 aliphatic carbocycles. The van der Waals surface area contributed by atoms with Gasteiger partial charge in [-0.25, -0.2) is 0 Å². The Labute approximate surface area is 152 Å². The molecule has 0 radical (unpaired) electrons. The summed E-state index contributed by atoms with van der Waals surface area (Å²) >= 11 is 5.20. The van der Waals surface area contributed by atoms with E-state index in [1.54, 1.807) is 7.11 Å². The van der Waals surface area contributed by atoms with E-state index >= 15 is 0 Å². The molecular formula is C18H22N4O2S. The SMILES string of the molecule is COc1ccccc1NCC(=O)NNC(=S)Nc1cccc(C)c1C. The van der Waals surface area contributed by atoms with Crippen LogP contribution in [0.5, 0.6) is 5.75 Å². The number of hydrogen-bond acceptors (Lipinski definition) is 4. The lowest BCUT2D eigenvalue weighted by Gasteiger charge is -2.15. The summed E-state index contributed by atoms with van der Waals surface area (Å²) in [6.07, 6.45) is 0. The number of anilines is 2. The third kappa shape index (κ3) is 5.36. The number of hydrazine groups is 1. The van der Waals surface area contributed by atoms with Crippen LogP contribution in [0.1, 0.15) is 11.1 Å². The molecule has 4 N–H and O–H groups in total. The van der Waals surface area contributed by atoms with E-state index in [1.807, 2.05) is 56.3 Å². The van der Waals surface area contributed by atoms with Gasteiger partial charge in [0.15, 0.2) is 5.11 Å². The van der Waals surface area contributed by atoms with Crippen LogP contribution in [0.2, 0.25) is 0 Å². The van der Waals surface area contributed by atoms with Gasteiger partial charge in [0, 0.05) is 5.69 Å². The molecule has 0 unspecified atom stereocenters. The standard InChI is InChI=1S/C18H22N4O2S/c1-12-7-6-9-14(13(12)2)20-18(25)22-21-17(23)11-19-15-8-4-5-10-16(15)24-3/h4-10,19H,11H2,1-3H3,(H,21,23)(H2,20,22,25). The predicted octanol–water partition coefficient (Wildman–Crippen LogP) is 2.74. The number of para-hydroxylation sites is 2. The Kier molecular flexibility index (Phi) is 6.59. The van der Waals surface area contributed by atoms with Gasteiger partial charge in [-0.15, -0.1) is 0 Å². The summed E-state index contributed by atoms with van der Waals surface area (Å²) in [5, 5.41) is 6.40. The van der Waals surface area contributed by atoms with Crippen molar-refractivity contribution < 1.29 is 9.53 Å². The minimum atomic E-state index is -0.254. The van der Waals surface area contributed by atoms with Crippen LogP contribution in [0, 0.1) is 13.8 Å². The molecule has 132 valence electrons. The molecule has 25 heavy (non-hydrogen) atoms. The maximum absolute atomic E-state index is 11.9. The van der Waals surface area contributed by atoms with Gasteiger partial charge in [0.1, 0.15) is 5.75 Å². The van der Waals surface area contributed by atoms with Crippen molar-refractivity contribution in [1.29, 1.82) is 0 Å². The van der Waals surface area contributed by atoms with Gasteiger partial charge >= 0.3 is 0 Å². The van der Waals surface area contributed by atoms with Crippen LogP contribution in [0.3, 0.4) is 0 Å². The summed E-state index contributed by atoms with van der Waals surface area (Å²) in [5.74, 6) is 0.423. The minimum absolute atomic E-state index is 0.0828. The number of rotatable bonds is 5. The lowest BCUT2D eigenvalue weighted by molar-refractivity contribution is -0.119. The van der Waals surface area contributed by atoms with Crippen molar-refractivity contribution >= 4 is 34.6 Å². The summed E-state index contributed by atoms with van der Waals surface area (Å²) in [6.45, 7) is 4.12. The monoisotopic (exact) mass is 358 g/mol. The Morgan fingerprint density at radius 1 is 1.04 bits per heavy atom. The molecule has 0 aliphatic rings. The van der Waals surface area contributed by atoms with Crippen LogP contribution < -0.4 is 26.2 Å². The summed E-state index contributed by atoms with van der Waals surface area (Å²) in [6, 6.07) is 13.3.